The van der Waals surface area contributed by atoms with Crippen LogP contribution < -0.4 is 14.8 Å². The van der Waals surface area contributed by atoms with Crippen LogP contribution in [0, 0.1) is 5.92 Å². The largest absolute Gasteiger partial charge is 0.477 e. The van der Waals surface area contributed by atoms with E-state index in [0.717, 1.165) is 31.6 Å². The van der Waals surface area contributed by atoms with Gasteiger partial charge in [-0.1, -0.05) is 0 Å². The summed E-state index contributed by atoms with van der Waals surface area (Å²) < 4.78 is 21.6. The van der Waals surface area contributed by atoms with Gasteiger partial charge in [0.25, 0.3) is 5.91 Å². The van der Waals surface area contributed by atoms with Crippen molar-refractivity contribution < 1.29 is 23.7 Å². The van der Waals surface area contributed by atoms with E-state index < -0.39 is 0 Å². The first kappa shape index (κ1) is 21.0. The number of rotatable bonds is 10. The Kier molecular flexibility index (Phi) is 8.21. The smallest absolute Gasteiger partial charge is 0.251 e. The first-order valence-corrected chi connectivity index (χ1v) is 9.76. The number of carbonyl (C=O) groups is 1. The van der Waals surface area contributed by atoms with Crippen molar-refractivity contribution in [2.75, 3.05) is 40.1 Å². The van der Waals surface area contributed by atoms with Gasteiger partial charge in [-0.3, -0.25) is 4.79 Å². The molecule has 0 atom stereocenters. The molecule has 1 fully saturated rings. The highest BCUT2D eigenvalue weighted by atomic mass is 16.5. The van der Waals surface area contributed by atoms with Gasteiger partial charge in [-0.2, -0.15) is 0 Å². The Morgan fingerprint density at radius 2 is 1.86 bits per heavy atom. The molecule has 8 nitrogen and oxygen atoms in total. The van der Waals surface area contributed by atoms with Gasteiger partial charge in [0, 0.05) is 57.0 Å². The lowest BCUT2D eigenvalue weighted by Gasteiger charge is -2.21. The Balaban J connectivity index is 1.49. The molecule has 1 amide bonds. The summed E-state index contributed by atoms with van der Waals surface area (Å²) in [5.74, 6) is 1.24. The maximum absolute atomic E-state index is 12.5. The zero-order valence-electron chi connectivity index (χ0n) is 16.6. The minimum atomic E-state index is -0.193. The fraction of sp³-hybridized carbons (Fsp3) is 0.476. The third kappa shape index (κ3) is 6.99. The lowest BCUT2D eigenvalue weighted by molar-refractivity contribution is 0.0490. The maximum Gasteiger partial charge on any atom is 0.251 e. The third-order valence-corrected chi connectivity index (χ3v) is 4.59. The number of amides is 1. The lowest BCUT2D eigenvalue weighted by Crippen LogP contribution is -2.23. The maximum atomic E-state index is 12.5. The summed E-state index contributed by atoms with van der Waals surface area (Å²) in [5.41, 5.74) is 1.40. The van der Waals surface area contributed by atoms with Gasteiger partial charge >= 0.3 is 0 Å². The van der Waals surface area contributed by atoms with Crippen molar-refractivity contribution in [2.45, 2.75) is 19.4 Å². The van der Waals surface area contributed by atoms with E-state index >= 15 is 0 Å². The molecule has 1 N–H and O–H groups in total. The van der Waals surface area contributed by atoms with E-state index in [9.17, 15) is 4.79 Å². The Bertz CT molecular complexity index is 780. The van der Waals surface area contributed by atoms with Gasteiger partial charge in [-0.25, -0.2) is 9.97 Å². The molecule has 29 heavy (non-hydrogen) atoms. The van der Waals surface area contributed by atoms with Crippen molar-refractivity contribution in [1.29, 1.82) is 0 Å². The summed E-state index contributed by atoms with van der Waals surface area (Å²) >= 11 is 0. The Morgan fingerprint density at radius 3 is 2.66 bits per heavy atom. The number of methoxy groups -OCH3 is 1. The van der Waals surface area contributed by atoms with Crippen LogP contribution in [-0.2, 0) is 16.0 Å². The number of nitrogens with zero attached hydrogens (tertiary/aromatic N) is 2. The fourth-order valence-electron chi connectivity index (χ4n) is 2.90. The second-order valence-corrected chi connectivity index (χ2v) is 6.78. The van der Waals surface area contributed by atoms with Crippen molar-refractivity contribution in [1.82, 2.24) is 15.3 Å². The fourth-order valence-corrected chi connectivity index (χ4v) is 2.90. The predicted octanol–water partition coefficient (Wildman–Crippen LogP) is 2.24. The van der Waals surface area contributed by atoms with E-state index in [-0.39, 0.29) is 5.91 Å². The minimum absolute atomic E-state index is 0.193. The number of pyridine rings is 2. The van der Waals surface area contributed by atoms with E-state index in [0.29, 0.717) is 49.6 Å². The number of hydrogen-bond acceptors (Lipinski definition) is 7. The molecule has 156 valence electrons. The Labute approximate surface area is 170 Å². The van der Waals surface area contributed by atoms with E-state index in [1.807, 2.05) is 6.07 Å². The second-order valence-electron chi connectivity index (χ2n) is 6.78. The van der Waals surface area contributed by atoms with E-state index in [2.05, 4.69) is 15.3 Å². The number of carbonyl (C=O) groups excluding carboxylic acids is 1. The molecule has 2 aromatic heterocycles. The van der Waals surface area contributed by atoms with Crippen molar-refractivity contribution in [3.8, 4) is 11.8 Å². The average molecular weight is 401 g/mol. The van der Waals surface area contributed by atoms with Crippen molar-refractivity contribution >= 4 is 5.91 Å². The molecule has 1 aliphatic heterocycles. The first-order chi connectivity index (χ1) is 14.2. The van der Waals surface area contributed by atoms with Crippen LogP contribution in [0.1, 0.15) is 28.8 Å². The summed E-state index contributed by atoms with van der Waals surface area (Å²) in [7, 11) is 1.61. The summed E-state index contributed by atoms with van der Waals surface area (Å²) in [6.07, 6.45) is 5.22. The standard InChI is InChI=1S/C21H27N3O5/c1-26-10-11-28-19-12-17(2-6-22-19)14-24-21(25)18-3-7-23-20(13-18)29-15-16-4-8-27-9-5-16/h2-3,6-7,12-13,16H,4-5,8-11,14-15H2,1H3,(H,24,25). The normalized spacial score (nSPS) is 14.4. The zero-order valence-corrected chi connectivity index (χ0v) is 16.6. The molecular weight excluding hydrogens is 374 g/mol. The van der Waals surface area contributed by atoms with Crippen LogP contribution in [0.4, 0.5) is 0 Å². The molecule has 3 rings (SSSR count). The highest BCUT2D eigenvalue weighted by molar-refractivity contribution is 5.94. The molecule has 0 aliphatic carbocycles. The third-order valence-electron chi connectivity index (χ3n) is 4.59. The van der Waals surface area contributed by atoms with Crippen LogP contribution in [0.5, 0.6) is 11.8 Å². The number of ether oxygens (including phenoxy) is 4. The molecular formula is C21H27N3O5. The van der Waals surface area contributed by atoms with Gasteiger partial charge in [0.15, 0.2) is 0 Å². The molecule has 1 aliphatic rings. The molecule has 0 bridgehead atoms. The van der Waals surface area contributed by atoms with Gasteiger partial charge in [0.2, 0.25) is 11.8 Å². The molecule has 3 heterocycles. The van der Waals surface area contributed by atoms with Gasteiger partial charge < -0.3 is 24.3 Å². The topological polar surface area (TPSA) is 91.8 Å². The van der Waals surface area contributed by atoms with E-state index in [4.69, 9.17) is 18.9 Å². The van der Waals surface area contributed by atoms with Crippen LogP contribution in [0.2, 0.25) is 0 Å². The van der Waals surface area contributed by atoms with Crippen molar-refractivity contribution in [3.63, 3.8) is 0 Å². The van der Waals surface area contributed by atoms with E-state index in [1.54, 1.807) is 37.7 Å². The molecule has 2 aromatic rings. The highest BCUT2D eigenvalue weighted by Gasteiger charge is 2.15. The lowest BCUT2D eigenvalue weighted by atomic mass is 10.0. The first-order valence-electron chi connectivity index (χ1n) is 9.76. The van der Waals surface area contributed by atoms with E-state index in [1.165, 1.54) is 0 Å². The summed E-state index contributed by atoms with van der Waals surface area (Å²) in [4.78, 5) is 20.8. The average Bonchev–Trinajstić information content (AvgIpc) is 2.77. The van der Waals surface area contributed by atoms with Crippen LogP contribution in [0.25, 0.3) is 0 Å². The molecule has 0 saturated carbocycles. The number of nitrogens with one attached hydrogen (secondary N) is 1. The molecule has 1 saturated heterocycles. The molecule has 8 heteroatoms. The summed E-state index contributed by atoms with van der Waals surface area (Å²) in [5, 5.41) is 2.90. The molecule has 0 spiro atoms. The molecule has 0 unspecified atom stereocenters. The minimum Gasteiger partial charge on any atom is -0.477 e. The highest BCUT2D eigenvalue weighted by Crippen LogP contribution is 2.17. The van der Waals surface area contributed by atoms with Gasteiger partial charge in [0.05, 0.1) is 13.2 Å². The van der Waals surface area contributed by atoms with Crippen LogP contribution >= 0.6 is 0 Å². The second kappa shape index (κ2) is 11.3. The summed E-state index contributed by atoms with van der Waals surface area (Å²) in [6.45, 7) is 3.42. The van der Waals surface area contributed by atoms with Crippen molar-refractivity contribution in [3.05, 3.63) is 47.8 Å². The Hall–Kier alpha value is -2.71. The quantitative estimate of drug-likeness (QED) is 0.611. The van der Waals surface area contributed by atoms with Crippen molar-refractivity contribution in [2.24, 2.45) is 5.92 Å². The summed E-state index contributed by atoms with van der Waals surface area (Å²) in [6, 6.07) is 6.96. The SMILES string of the molecule is COCCOc1cc(CNC(=O)c2ccnc(OCC3CCOCC3)c2)ccn1. The number of aromatic nitrogens is 2. The monoisotopic (exact) mass is 401 g/mol. The number of hydrogen-bond donors (Lipinski definition) is 1. The van der Waals surface area contributed by atoms with Crippen LogP contribution in [0.3, 0.4) is 0 Å². The Morgan fingerprint density at radius 1 is 1.10 bits per heavy atom. The molecule has 0 aromatic carbocycles. The van der Waals surface area contributed by atoms with Gasteiger partial charge in [-0.05, 0) is 36.5 Å². The zero-order chi connectivity index (χ0) is 20.3. The van der Waals surface area contributed by atoms with Crippen LogP contribution in [-0.4, -0.2) is 56.0 Å². The predicted molar refractivity (Wildman–Crippen MR) is 106 cm³/mol. The van der Waals surface area contributed by atoms with Gasteiger partial charge in [-0.15, -0.1) is 0 Å². The van der Waals surface area contributed by atoms with Crippen LogP contribution in [0.15, 0.2) is 36.7 Å². The molecule has 0 radical (unpaired) electrons. The van der Waals surface area contributed by atoms with Gasteiger partial charge in [0.1, 0.15) is 6.61 Å².